The van der Waals surface area contributed by atoms with Crippen LogP contribution in [0.1, 0.15) is 24.0 Å². The van der Waals surface area contributed by atoms with Crippen LogP contribution in [0.2, 0.25) is 5.02 Å². The number of aromatic nitrogens is 2. The SMILES string of the molecule is CCN(Cc1cccc(C)n1)c1ccc(Cl)c(CCl)n1. The highest BCUT2D eigenvalue weighted by Gasteiger charge is 2.10. The molecule has 3 nitrogen and oxygen atoms in total. The van der Waals surface area contributed by atoms with Crippen molar-refractivity contribution in [2.75, 3.05) is 11.4 Å². The molecule has 0 atom stereocenters. The van der Waals surface area contributed by atoms with Crippen LogP contribution in [0.15, 0.2) is 30.3 Å². The molecule has 0 aliphatic heterocycles. The molecule has 0 unspecified atom stereocenters. The number of aryl methyl sites for hydroxylation is 1. The monoisotopic (exact) mass is 309 g/mol. The Balaban J connectivity index is 2.24. The van der Waals surface area contributed by atoms with Gasteiger partial charge in [0.1, 0.15) is 5.82 Å². The standard InChI is InChI=1S/C15H17Cl2N3/c1-3-20(10-12-6-4-5-11(2)18-12)15-8-7-13(17)14(9-16)19-15/h4-8H,3,9-10H2,1-2H3. The van der Waals surface area contributed by atoms with Gasteiger partial charge in [-0.2, -0.15) is 0 Å². The van der Waals surface area contributed by atoms with Crippen molar-refractivity contribution >= 4 is 29.0 Å². The first-order valence-corrected chi connectivity index (χ1v) is 7.44. The largest absolute Gasteiger partial charge is 0.351 e. The Morgan fingerprint density at radius 1 is 1.15 bits per heavy atom. The fraction of sp³-hybridized carbons (Fsp3) is 0.333. The number of hydrogen-bond donors (Lipinski definition) is 0. The maximum Gasteiger partial charge on any atom is 0.129 e. The van der Waals surface area contributed by atoms with Crippen LogP contribution in [-0.4, -0.2) is 16.5 Å². The van der Waals surface area contributed by atoms with Gasteiger partial charge in [-0.3, -0.25) is 4.98 Å². The minimum Gasteiger partial charge on any atom is -0.351 e. The minimum absolute atomic E-state index is 0.312. The number of anilines is 1. The highest BCUT2D eigenvalue weighted by Crippen LogP contribution is 2.21. The average Bonchev–Trinajstić information content (AvgIpc) is 2.45. The van der Waals surface area contributed by atoms with Crippen molar-refractivity contribution < 1.29 is 0 Å². The van der Waals surface area contributed by atoms with Crippen molar-refractivity contribution in [3.05, 3.63) is 52.4 Å². The van der Waals surface area contributed by atoms with E-state index in [4.69, 9.17) is 23.2 Å². The molecule has 0 aromatic carbocycles. The molecule has 2 aromatic rings. The summed E-state index contributed by atoms with van der Waals surface area (Å²) in [6, 6.07) is 9.79. The van der Waals surface area contributed by atoms with Gasteiger partial charge >= 0.3 is 0 Å². The zero-order valence-electron chi connectivity index (χ0n) is 11.6. The molecule has 5 heteroatoms. The summed E-state index contributed by atoms with van der Waals surface area (Å²) in [5.74, 6) is 1.18. The van der Waals surface area contributed by atoms with Crippen LogP contribution in [0.5, 0.6) is 0 Å². The van der Waals surface area contributed by atoms with E-state index in [1.807, 2.05) is 37.3 Å². The van der Waals surface area contributed by atoms with E-state index in [1.54, 1.807) is 0 Å². The lowest BCUT2D eigenvalue weighted by molar-refractivity contribution is 0.787. The highest BCUT2D eigenvalue weighted by atomic mass is 35.5. The van der Waals surface area contributed by atoms with Crippen LogP contribution in [0.25, 0.3) is 0 Å². The van der Waals surface area contributed by atoms with Gasteiger partial charge in [-0.15, -0.1) is 11.6 Å². The molecule has 0 saturated carbocycles. The summed E-state index contributed by atoms with van der Waals surface area (Å²) >= 11 is 11.9. The van der Waals surface area contributed by atoms with Gasteiger partial charge in [0.15, 0.2) is 0 Å². The third kappa shape index (κ3) is 3.62. The van der Waals surface area contributed by atoms with E-state index in [0.29, 0.717) is 23.1 Å². The van der Waals surface area contributed by atoms with Crippen LogP contribution in [-0.2, 0) is 12.4 Å². The van der Waals surface area contributed by atoms with Gasteiger partial charge in [0, 0.05) is 12.2 Å². The summed E-state index contributed by atoms with van der Waals surface area (Å²) in [5, 5.41) is 0.605. The smallest absolute Gasteiger partial charge is 0.129 e. The summed E-state index contributed by atoms with van der Waals surface area (Å²) in [6.45, 7) is 5.64. The molecule has 2 heterocycles. The number of hydrogen-bond acceptors (Lipinski definition) is 3. The Labute approximate surface area is 129 Å². The zero-order chi connectivity index (χ0) is 14.5. The van der Waals surface area contributed by atoms with E-state index in [1.165, 1.54) is 0 Å². The molecule has 0 fully saturated rings. The van der Waals surface area contributed by atoms with Gasteiger partial charge in [-0.25, -0.2) is 4.98 Å². The minimum atomic E-state index is 0.312. The third-order valence-corrected chi connectivity index (χ3v) is 3.63. The van der Waals surface area contributed by atoms with E-state index in [-0.39, 0.29) is 0 Å². The van der Waals surface area contributed by atoms with Gasteiger partial charge in [0.25, 0.3) is 0 Å². The second-order valence-electron chi connectivity index (χ2n) is 4.52. The molecule has 0 spiro atoms. The maximum absolute atomic E-state index is 6.05. The number of rotatable bonds is 5. The van der Waals surface area contributed by atoms with Crippen LogP contribution in [0.4, 0.5) is 5.82 Å². The van der Waals surface area contributed by atoms with Crippen molar-refractivity contribution in [2.45, 2.75) is 26.3 Å². The second-order valence-corrected chi connectivity index (χ2v) is 5.19. The average molecular weight is 310 g/mol. The van der Waals surface area contributed by atoms with Crippen LogP contribution >= 0.6 is 23.2 Å². The fourth-order valence-electron chi connectivity index (χ4n) is 1.98. The fourth-order valence-corrected chi connectivity index (χ4v) is 2.42. The lowest BCUT2D eigenvalue weighted by Gasteiger charge is -2.22. The lowest BCUT2D eigenvalue weighted by atomic mass is 10.3. The van der Waals surface area contributed by atoms with Gasteiger partial charge in [-0.1, -0.05) is 17.7 Å². The molecule has 0 radical (unpaired) electrons. The number of nitrogens with zero attached hydrogens (tertiary/aromatic N) is 3. The molecule has 20 heavy (non-hydrogen) atoms. The van der Waals surface area contributed by atoms with Crippen LogP contribution < -0.4 is 4.90 Å². The predicted molar refractivity (Wildman–Crippen MR) is 84.5 cm³/mol. The van der Waals surface area contributed by atoms with Gasteiger partial charge in [-0.05, 0) is 38.1 Å². The molecule has 0 amide bonds. The Morgan fingerprint density at radius 2 is 1.95 bits per heavy atom. The maximum atomic E-state index is 6.05. The molecule has 2 aromatic heterocycles. The van der Waals surface area contributed by atoms with E-state index in [9.17, 15) is 0 Å². The summed E-state index contributed by atoms with van der Waals surface area (Å²) in [6.07, 6.45) is 0. The van der Waals surface area contributed by atoms with E-state index >= 15 is 0 Å². The van der Waals surface area contributed by atoms with E-state index in [2.05, 4.69) is 21.8 Å². The molecule has 106 valence electrons. The van der Waals surface area contributed by atoms with E-state index in [0.717, 1.165) is 23.8 Å². The first-order chi connectivity index (χ1) is 9.63. The summed E-state index contributed by atoms with van der Waals surface area (Å²) in [5.41, 5.74) is 2.75. The summed E-state index contributed by atoms with van der Waals surface area (Å²) in [4.78, 5) is 11.2. The lowest BCUT2D eigenvalue weighted by Crippen LogP contribution is -2.24. The van der Waals surface area contributed by atoms with Gasteiger partial charge < -0.3 is 4.90 Å². The predicted octanol–water partition coefficient (Wildman–Crippen LogP) is 4.20. The first-order valence-electron chi connectivity index (χ1n) is 6.53. The molecule has 0 N–H and O–H groups in total. The summed E-state index contributed by atoms with van der Waals surface area (Å²) < 4.78 is 0. The Kier molecular flexibility index (Phi) is 5.21. The highest BCUT2D eigenvalue weighted by molar-refractivity contribution is 6.32. The molecule has 0 aliphatic carbocycles. The first kappa shape index (κ1) is 15.1. The zero-order valence-corrected chi connectivity index (χ0v) is 13.1. The molecular weight excluding hydrogens is 293 g/mol. The van der Waals surface area contributed by atoms with Crippen LogP contribution in [0.3, 0.4) is 0 Å². The molecule has 0 aliphatic rings. The Morgan fingerprint density at radius 3 is 2.60 bits per heavy atom. The van der Waals surface area contributed by atoms with Crippen molar-refractivity contribution in [2.24, 2.45) is 0 Å². The van der Waals surface area contributed by atoms with E-state index < -0.39 is 0 Å². The number of alkyl halides is 1. The topological polar surface area (TPSA) is 29.0 Å². The molecule has 2 rings (SSSR count). The quantitative estimate of drug-likeness (QED) is 0.775. The molecular formula is C15H17Cl2N3. The van der Waals surface area contributed by atoms with Crippen molar-refractivity contribution in [3.8, 4) is 0 Å². The van der Waals surface area contributed by atoms with Crippen molar-refractivity contribution in [3.63, 3.8) is 0 Å². The van der Waals surface area contributed by atoms with Gasteiger partial charge in [0.2, 0.25) is 0 Å². The van der Waals surface area contributed by atoms with Crippen LogP contribution in [0, 0.1) is 6.92 Å². The third-order valence-electron chi connectivity index (χ3n) is 3.04. The normalized spacial score (nSPS) is 10.6. The number of halogens is 2. The van der Waals surface area contributed by atoms with Crippen molar-refractivity contribution in [1.82, 2.24) is 9.97 Å². The second kappa shape index (κ2) is 6.91. The van der Waals surface area contributed by atoms with Gasteiger partial charge in [0.05, 0.1) is 28.8 Å². The Bertz CT molecular complexity index is 587. The van der Waals surface area contributed by atoms with Crippen molar-refractivity contribution in [1.29, 1.82) is 0 Å². The molecule has 0 saturated heterocycles. The number of pyridine rings is 2. The summed E-state index contributed by atoms with van der Waals surface area (Å²) in [7, 11) is 0. The Hall–Kier alpha value is -1.32. The molecule has 0 bridgehead atoms.